The molecule has 0 fully saturated rings. The topological polar surface area (TPSA) is 88.1 Å². The van der Waals surface area contributed by atoms with Crippen LogP contribution in [0.15, 0.2) is 12.1 Å². The largest absolute Gasteiger partial charge is 0.507 e. The molecule has 0 heterocycles. The van der Waals surface area contributed by atoms with E-state index in [2.05, 4.69) is 5.43 Å². The number of phenolic OH excluding ortho intramolecular Hbond substituents is 1. The molecular formula is C15H22N2O5. The minimum absolute atomic E-state index is 0.0968. The standard InChI is InChI=1S/C15H22N2O5/c1-5-21-14(19)16-17(15(20)22-6-2)9-12-7-10(3)13(18)11(4)8-12/h7-8,18H,5-6,9H2,1-4H3,(H,16,19). The van der Waals surface area contributed by atoms with E-state index in [1.54, 1.807) is 39.8 Å². The summed E-state index contributed by atoms with van der Waals surface area (Å²) in [7, 11) is 0. The molecule has 1 rings (SSSR count). The molecule has 22 heavy (non-hydrogen) atoms. The van der Waals surface area contributed by atoms with Crippen LogP contribution in [0.25, 0.3) is 0 Å². The fraction of sp³-hybridized carbons (Fsp3) is 0.467. The summed E-state index contributed by atoms with van der Waals surface area (Å²) in [5.41, 5.74) is 4.47. The zero-order valence-electron chi connectivity index (χ0n) is 13.3. The molecular weight excluding hydrogens is 288 g/mol. The van der Waals surface area contributed by atoms with Crippen molar-refractivity contribution in [2.45, 2.75) is 34.2 Å². The minimum atomic E-state index is -0.734. The third-order valence-electron chi connectivity index (χ3n) is 2.88. The second kappa shape index (κ2) is 8.11. The number of aryl methyl sites for hydroxylation is 2. The molecule has 7 heteroatoms. The number of ether oxygens (including phenoxy) is 2. The molecule has 0 saturated heterocycles. The second-order valence-electron chi connectivity index (χ2n) is 4.70. The summed E-state index contributed by atoms with van der Waals surface area (Å²) in [6.45, 7) is 7.35. The predicted molar refractivity (Wildman–Crippen MR) is 80.3 cm³/mol. The van der Waals surface area contributed by atoms with Gasteiger partial charge in [-0.05, 0) is 44.4 Å². The number of nitrogens with zero attached hydrogens (tertiary/aromatic N) is 1. The van der Waals surface area contributed by atoms with Gasteiger partial charge in [-0.3, -0.25) is 0 Å². The Kier molecular flexibility index (Phi) is 6.49. The number of hydrogen-bond acceptors (Lipinski definition) is 5. The second-order valence-corrected chi connectivity index (χ2v) is 4.70. The van der Waals surface area contributed by atoms with Crippen LogP contribution >= 0.6 is 0 Å². The molecule has 7 nitrogen and oxygen atoms in total. The number of amides is 2. The maximum absolute atomic E-state index is 11.9. The molecule has 0 saturated carbocycles. The number of hydrazine groups is 1. The third kappa shape index (κ3) is 4.83. The van der Waals surface area contributed by atoms with Crippen LogP contribution in [0.2, 0.25) is 0 Å². The summed E-state index contributed by atoms with van der Waals surface area (Å²) in [5.74, 6) is 0.213. The van der Waals surface area contributed by atoms with Gasteiger partial charge in [0.1, 0.15) is 5.75 Å². The van der Waals surface area contributed by atoms with Crippen molar-refractivity contribution in [3.63, 3.8) is 0 Å². The molecule has 2 N–H and O–H groups in total. The Bertz CT molecular complexity index is 522. The number of phenols is 1. The maximum Gasteiger partial charge on any atom is 0.429 e. The first-order valence-corrected chi connectivity index (χ1v) is 7.05. The normalized spacial score (nSPS) is 10.0. The molecule has 0 bridgehead atoms. The first kappa shape index (κ1) is 17.6. The highest BCUT2D eigenvalue weighted by atomic mass is 16.6. The Balaban J connectivity index is 2.92. The third-order valence-corrected chi connectivity index (χ3v) is 2.88. The molecule has 0 radical (unpaired) electrons. The number of benzene rings is 1. The van der Waals surface area contributed by atoms with Crippen molar-refractivity contribution >= 4 is 12.2 Å². The SMILES string of the molecule is CCOC(=O)NN(Cc1cc(C)c(O)c(C)c1)C(=O)OCC. The van der Waals surface area contributed by atoms with Crippen molar-refractivity contribution in [1.29, 1.82) is 0 Å². The summed E-state index contributed by atoms with van der Waals surface area (Å²) in [6.07, 6.45) is -1.42. The summed E-state index contributed by atoms with van der Waals surface area (Å²) in [4.78, 5) is 23.4. The fourth-order valence-corrected chi connectivity index (χ4v) is 1.94. The fourth-order valence-electron chi connectivity index (χ4n) is 1.94. The van der Waals surface area contributed by atoms with E-state index in [1.807, 2.05) is 0 Å². The van der Waals surface area contributed by atoms with E-state index in [-0.39, 0.29) is 25.5 Å². The Hall–Kier alpha value is -2.44. The first-order chi connectivity index (χ1) is 10.4. The van der Waals surface area contributed by atoms with E-state index in [4.69, 9.17) is 9.47 Å². The number of carbonyl (C=O) groups is 2. The number of rotatable bonds is 4. The first-order valence-electron chi connectivity index (χ1n) is 7.05. The van der Waals surface area contributed by atoms with Crippen LogP contribution in [0.3, 0.4) is 0 Å². The van der Waals surface area contributed by atoms with Crippen LogP contribution in [0, 0.1) is 13.8 Å². The van der Waals surface area contributed by atoms with E-state index in [9.17, 15) is 14.7 Å². The zero-order valence-corrected chi connectivity index (χ0v) is 13.3. The Morgan fingerprint density at radius 2 is 1.68 bits per heavy atom. The van der Waals surface area contributed by atoms with Crippen molar-refractivity contribution in [2.24, 2.45) is 0 Å². The molecule has 0 unspecified atom stereocenters. The molecule has 0 aliphatic rings. The highest BCUT2D eigenvalue weighted by Gasteiger charge is 2.19. The molecule has 1 aromatic rings. The van der Waals surface area contributed by atoms with Crippen LogP contribution in [-0.4, -0.2) is 35.5 Å². The molecule has 0 atom stereocenters. The van der Waals surface area contributed by atoms with Gasteiger partial charge in [0.2, 0.25) is 0 Å². The van der Waals surface area contributed by atoms with Crippen molar-refractivity contribution in [2.75, 3.05) is 13.2 Å². The number of carbonyl (C=O) groups excluding carboxylic acids is 2. The quantitative estimate of drug-likeness (QED) is 0.835. The van der Waals surface area contributed by atoms with E-state index >= 15 is 0 Å². The van der Waals surface area contributed by atoms with Gasteiger partial charge in [-0.1, -0.05) is 12.1 Å². The van der Waals surface area contributed by atoms with Gasteiger partial charge in [0.15, 0.2) is 0 Å². The van der Waals surface area contributed by atoms with Crippen LogP contribution in [0.4, 0.5) is 9.59 Å². The molecule has 1 aromatic carbocycles. The van der Waals surface area contributed by atoms with Gasteiger partial charge in [-0.15, -0.1) is 0 Å². The summed E-state index contributed by atoms with van der Waals surface area (Å²) in [6, 6.07) is 3.47. The lowest BCUT2D eigenvalue weighted by Gasteiger charge is -2.22. The molecule has 0 aliphatic carbocycles. The number of nitrogens with one attached hydrogen (secondary N) is 1. The van der Waals surface area contributed by atoms with Gasteiger partial charge in [0, 0.05) is 0 Å². The monoisotopic (exact) mass is 310 g/mol. The van der Waals surface area contributed by atoms with Crippen molar-refractivity contribution in [1.82, 2.24) is 10.4 Å². The van der Waals surface area contributed by atoms with Gasteiger partial charge in [-0.25, -0.2) is 20.0 Å². The molecule has 2 amide bonds. The van der Waals surface area contributed by atoms with Crippen LogP contribution in [0.1, 0.15) is 30.5 Å². The lowest BCUT2D eigenvalue weighted by molar-refractivity contribution is 0.0711. The number of aromatic hydroxyl groups is 1. The van der Waals surface area contributed by atoms with Gasteiger partial charge < -0.3 is 14.6 Å². The molecule has 0 spiro atoms. The van der Waals surface area contributed by atoms with E-state index < -0.39 is 12.2 Å². The molecule has 0 aliphatic heterocycles. The van der Waals surface area contributed by atoms with Gasteiger partial charge in [-0.2, -0.15) is 0 Å². The average Bonchev–Trinajstić information content (AvgIpc) is 2.44. The average molecular weight is 310 g/mol. The van der Waals surface area contributed by atoms with Crippen LogP contribution in [-0.2, 0) is 16.0 Å². The van der Waals surface area contributed by atoms with E-state index in [0.29, 0.717) is 11.1 Å². The Morgan fingerprint density at radius 3 is 2.18 bits per heavy atom. The molecule has 122 valence electrons. The Morgan fingerprint density at radius 1 is 1.14 bits per heavy atom. The minimum Gasteiger partial charge on any atom is -0.507 e. The zero-order chi connectivity index (χ0) is 16.7. The highest BCUT2D eigenvalue weighted by Crippen LogP contribution is 2.23. The smallest absolute Gasteiger partial charge is 0.429 e. The van der Waals surface area contributed by atoms with Gasteiger partial charge >= 0.3 is 12.2 Å². The van der Waals surface area contributed by atoms with Crippen LogP contribution in [0.5, 0.6) is 5.75 Å². The van der Waals surface area contributed by atoms with Gasteiger partial charge in [0.05, 0.1) is 19.8 Å². The van der Waals surface area contributed by atoms with E-state index in [1.165, 1.54) is 0 Å². The predicted octanol–water partition coefficient (Wildman–Crippen LogP) is 2.63. The summed E-state index contributed by atoms with van der Waals surface area (Å²) in [5, 5.41) is 10.8. The van der Waals surface area contributed by atoms with Crippen molar-refractivity contribution < 1.29 is 24.2 Å². The van der Waals surface area contributed by atoms with Crippen molar-refractivity contribution in [3.05, 3.63) is 28.8 Å². The number of hydrogen-bond donors (Lipinski definition) is 2. The van der Waals surface area contributed by atoms with Crippen LogP contribution < -0.4 is 5.43 Å². The molecule has 0 aromatic heterocycles. The van der Waals surface area contributed by atoms with E-state index in [0.717, 1.165) is 10.6 Å². The maximum atomic E-state index is 11.9. The summed E-state index contributed by atoms with van der Waals surface area (Å²) >= 11 is 0. The summed E-state index contributed by atoms with van der Waals surface area (Å²) < 4.78 is 9.67. The lowest BCUT2D eigenvalue weighted by Crippen LogP contribution is -2.46. The Labute approximate surface area is 129 Å². The van der Waals surface area contributed by atoms with Gasteiger partial charge in [0.25, 0.3) is 0 Å². The van der Waals surface area contributed by atoms with Crippen molar-refractivity contribution in [3.8, 4) is 5.75 Å². The lowest BCUT2D eigenvalue weighted by atomic mass is 10.1. The highest BCUT2D eigenvalue weighted by molar-refractivity contribution is 5.74.